The summed E-state index contributed by atoms with van der Waals surface area (Å²) in [6, 6.07) is 10.3. The molecule has 0 spiro atoms. The van der Waals surface area contributed by atoms with Crippen molar-refractivity contribution in [3.05, 3.63) is 66.1 Å². The van der Waals surface area contributed by atoms with E-state index < -0.39 is 23.1 Å². The van der Waals surface area contributed by atoms with Crippen molar-refractivity contribution in [2.75, 3.05) is 4.90 Å². The van der Waals surface area contributed by atoms with Crippen LogP contribution in [0.5, 0.6) is 5.75 Å². The van der Waals surface area contributed by atoms with Gasteiger partial charge in [-0.25, -0.2) is 14.4 Å². The van der Waals surface area contributed by atoms with Crippen LogP contribution in [0, 0.1) is 5.82 Å². The van der Waals surface area contributed by atoms with E-state index in [0.29, 0.717) is 5.69 Å². The molecule has 2 aliphatic rings. The number of amides is 1. The fourth-order valence-electron chi connectivity index (χ4n) is 5.41. The third-order valence-corrected chi connectivity index (χ3v) is 7.16. The molecule has 2 aromatic heterocycles. The van der Waals surface area contributed by atoms with Crippen molar-refractivity contribution >= 4 is 22.5 Å². The lowest BCUT2D eigenvalue weighted by molar-refractivity contribution is -0.180. The second kappa shape index (κ2) is 8.06. The summed E-state index contributed by atoms with van der Waals surface area (Å²) in [4.78, 5) is 23.3. The standard InChI is InChI=1S/C27H26FN5O4/c1-15-24(34)33(21-6-4-5-19(28)23(21)37-15)12-22-18-9-16(7-8-20(18)31-32(22)3)17-10-29-25(30-11-17)27(36)13-26(2,35)14-27/h4-11,15,35-36H,12-14H2,1-3H3/t15-,26?,27?/m1/s1. The molecule has 10 heteroatoms. The molecule has 1 saturated carbocycles. The Hall–Kier alpha value is -3.89. The summed E-state index contributed by atoms with van der Waals surface area (Å²) in [6.07, 6.45) is 2.87. The maximum Gasteiger partial charge on any atom is 0.268 e. The van der Waals surface area contributed by atoms with E-state index in [9.17, 15) is 19.4 Å². The van der Waals surface area contributed by atoms with Crippen LogP contribution in [0.25, 0.3) is 22.0 Å². The molecule has 4 aromatic rings. The van der Waals surface area contributed by atoms with Crippen LogP contribution in [0.4, 0.5) is 10.1 Å². The van der Waals surface area contributed by atoms with Crippen LogP contribution < -0.4 is 9.64 Å². The van der Waals surface area contributed by atoms with Crippen molar-refractivity contribution in [3.63, 3.8) is 0 Å². The molecule has 1 fully saturated rings. The number of benzene rings is 2. The minimum Gasteiger partial charge on any atom is -0.476 e. The van der Waals surface area contributed by atoms with Crippen LogP contribution >= 0.6 is 0 Å². The van der Waals surface area contributed by atoms with Crippen molar-refractivity contribution < 1.29 is 24.1 Å². The zero-order chi connectivity index (χ0) is 26.1. The maximum absolute atomic E-state index is 14.4. The normalized spacial score (nSPS) is 25.1. The number of aromatic nitrogens is 4. The number of anilines is 1. The fraction of sp³-hybridized carbons (Fsp3) is 0.333. The third kappa shape index (κ3) is 3.84. The monoisotopic (exact) mass is 503 g/mol. The molecule has 0 saturated heterocycles. The first-order chi connectivity index (χ1) is 17.5. The first-order valence-corrected chi connectivity index (χ1v) is 12.0. The molecule has 1 aliphatic heterocycles. The van der Waals surface area contributed by atoms with E-state index in [4.69, 9.17) is 4.74 Å². The van der Waals surface area contributed by atoms with Gasteiger partial charge in [-0.1, -0.05) is 12.1 Å². The Bertz CT molecular complexity index is 1540. The predicted octanol–water partition coefficient (Wildman–Crippen LogP) is 3.22. The third-order valence-electron chi connectivity index (χ3n) is 7.16. The predicted molar refractivity (Wildman–Crippen MR) is 133 cm³/mol. The van der Waals surface area contributed by atoms with Crippen LogP contribution in [0.15, 0.2) is 48.8 Å². The smallest absolute Gasteiger partial charge is 0.268 e. The lowest BCUT2D eigenvalue weighted by Crippen LogP contribution is -2.53. The fourth-order valence-corrected chi connectivity index (χ4v) is 5.41. The Morgan fingerprint density at radius 3 is 2.57 bits per heavy atom. The maximum atomic E-state index is 14.4. The highest BCUT2D eigenvalue weighted by molar-refractivity contribution is 6.00. The summed E-state index contributed by atoms with van der Waals surface area (Å²) in [6.45, 7) is 3.47. The number of halogens is 1. The molecule has 0 unspecified atom stereocenters. The highest BCUT2D eigenvalue weighted by Crippen LogP contribution is 2.46. The van der Waals surface area contributed by atoms with Crippen molar-refractivity contribution in [1.29, 1.82) is 0 Å². The Balaban J connectivity index is 1.35. The van der Waals surface area contributed by atoms with Crippen molar-refractivity contribution in [2.45, 2.75) is 50.5 Å². The van der Waals surface area contributed by atoms with Gasteiger partial charge in [0.2, 0.25) is 0 Å². The van der Waals surface area contributed by atoms with E-state index in [2.05, 4.69) is 15.1 Å². The number of aliphatic hydroxyl groups is 2. The zero-order valence-electron chi connectivity index (χ0n) is 20.6. The second-order valence-corrected chi connectivity index (χ2v) is 10.3. The van der Waals surface area contributed by atoms with Crippen LogP contribution in [0.1, 0.15) is 38.2 Å². The topological polar surface area (TPSA) is 114 Å². The average molecular weight is 504 g/mol. The van der Waals surface area contributed by atoms with E-state index >= 15 is 0 Å². The Morgan fingerprint density at radius 2 is 1.86 bits per heavy atom. The van der Waals surface area contributed by atoms with Gasteiger partial charge in [-0.15, -0.1) is 0 Å². The Labute approximate surface area is 212 Å². The highest BCUT2D eigenvalue weighted by atomic mass is 19.1. The first-order valence-electron chi connectivity index (χ1n) is 12.0. The van der Waals surface area contributed by atoms with Gasteiger partial charge in [0.25, 0.3) is 5.91 Å². The Morgan fingerprint density at radius 1 is 1.14 bits per heavy atom. The summed E-state index contributed by atoms with van der Waals surface area (Å²) < 4.78 is 21.7. The molecule has 2 aromatic carbocycles. The van der Waals surface area contributed by atoms with Crippen molar-refractivity contribution in [1.82, 2.24) is 19.7 Å². The van der Waals surface area contributed by atoms with Gasteiger partial charge in [0, 0.05) is 43.2 Å². The molecule has 6 rings (SSSR count). The summed E-state index contributed by atoms with van der Waals surface area (Å²) in [7, 11) is 1.81. The van der Waals surface area contributed by atoms with Gasteiger partial charge < -0.3 is 14.9 Å². The number of carbonyl (C=O) groups is 1. The van der Waals surface area contributed by atoms with Gasteiger partial charge in [-0.2, -0.15) is 5.10 Å². The molecule has 190 valence electrons. The number of nitrogens with zero attached hydrogens (tertiary/aromatic N) is 5. The van der Waals surface area contributed by atoms with E-state index in [0.717, 1.165) is 27.7 Å². The van der Waals surface area contributed by atoms with E-state index in [-0.39, 0.29) is 36.9 Å². The molecule has 1 aliphatic carbocycles. The lowest BCUT2D eigenvalue weighted by Gasteiger charge is -2.46. The molecule has 1 amide bonds. The minimum atomic E-state index is -1.22. The van der Waals surface area contributed by atoms with Gasteiger partial charge in [0.15, 0.2) is 23.5 Å². The Kier molecular flexibility index (Phi) is 5.12. The van der Waals surface area contributed by atoms with Crippen molar-refractivity contribution in [3.8, 4) is 16.9 Å². The molecule has 1 atom stereocenters. The molecule has 3 heterocycles. The van der Waals surface area contributed by atoms with Gasteiger partial charge in [-0.05, 0) is 43.7 Å². The van der Waals surface area contributed by atoms with E-state index in [1.54, 1.807) is 43.1 Å². The van der Waals surface area contributed by atoms with Crippen molar-refractivity contribution in [2.24, 2.45) is 7.05 Å². The highest BCUT2D eigenvalue weighted by Gasteiger charge is 2.53. The molecule has 0 bridgehead atoms. The number of ether oxygens (including phenoxy) is 1. The van der Waals surface area contributed by atoms with Crippen LogP contribution in [-0.2, 0) is 24.0 Å². The average Bonchev–Trinajstić information content (AvgIpc) is 3.15. The molecule has 2 N–H and O–H groups in total. The first kappa shape index (κ1) is 23.5. The number of fused-ring (bicyclic) bond motifs is 2. The van der Waals surface area contributed by atoms with Crippen LogP contribution in [0.3, 0.4) is 0 Å². The summed E-state index contributed by atoms with van der Waals surface area (Å²) in [5.41, 5.74) is 1.36. The number of aryl methyl sites for hydroxylation is 1. The van der Waals surface area contributed by atoms with Gasteiger partial charge >= 0.3 is 0 Å². The number of carbonyl (C=O) groups excluding carboxylic acids is 1. The molecule has 37 heavy (non-hydrogen) atoms. The summed E-state index contributed by atoms with van der Waals surface area (Å²) in [5, 5.41) is 26.1. The quantitative estimate of drug-likeness (QED) is 0.440. The SMILES string of the molecule is C[C@H]1Oc2c(F)cccc2N(Cc2c3cc(-c4cnc(C5(O)CC(C)(O)C5)nc4)ccc3nn2C)C1=O. The van der Waals surface area contributed by atoms with Gasteiger partial charge in [0.1, 0.15) is 5.60 Å². The van der Waals surface area contributed by atoms with Crippen LogP contribution in [-0.4, -0.2) is 47.6 Å². The molecular weight excluding hydrogens is 477 g/mol. The second-order valence-electron chi connectivity index (χ2n) is 10.3. The molecular formula is C27H26FN5O4. The largest absolute Gasteiger partial charge is 0.476 e. The number of rotatable bonds is 4. The number of hydrogen-bond acceptors (Lipinski definition) is 7. The van der Waals surface area contributed by atoms with E-state index in [1.807, 2.05) is 25.2 Å². The molecule has 9 nitrogen and oxygen atoms in total. The minimum absolute atomic E-state index is 0.0635. The zero-order valence-corrected chi connectivity index (χ0v) is 20.6. The number of hydrogen-bond donors (Lipinski definition) is 2. The van der Waals surface area contributed by atoms with Gasteiger partial charge in [0.05, 0.1) is 29.0 Å². The summed E-state index contributed by atoms with van der Waals surface area (Å²) >= 11 is 0. The van der Waals surface area contributed by atoms with Crippen LogP contribution in [0.2, 0.25) is 0 Å². The van der Waals surface area contributed by atoms with E-state index in [1.165, 1.54) is 11.0 Å². The summed E-state index contributed by atoms with van der Waals surface area (Å²) in [5.74, 6) is -0.427. The van der Waals surface area contributed by atoms with Gasteiger partial charge in [-0.3, -0.25) is 14.4 Å². The molecule has 0 radical (unpaired) electrons. The number of para-hydroxylation sites is 1. The lowest BCUT2D eigenvalue weighted by atomic mass is 9.68.